The van der Waals surface area contributed by atoms with Crippen LogP contribution >= 0.6 is 11.3 Å². The second kappa shape index (κ2) is 4.61. The fourth-order valence-corrected chi connectivity index (χ4v) is 2.45. The number of hydrogen-bond donors (Lipinski definition) is 2. The molecule has 0 spiro atoms. The molecule has 16 heavy (non-hydrogen) atoms. The molecule has 1 heterocycles. The molecule has 2 atom stereocenters. The lowest BCUT2D eigenvalue weighted by Gasteiger charge is -2.10. The van der Waals surface area contributed by atoms with Gasteiger partial charge in [0.25, 0.3) is 5.91 Å². The van der Waals surface area contributed by atoms with Gasteiger partial charge in [0.1, 0.15) is 5.69 Å². The van der Waals surface area contributed by atoms with Crippen LogP contribution in [-0.2, 0) is 4.79 Å². The summed E-state index contributed by atoms with van der Waals surface area (Å²) in [6.07, 6.45) is 1.88. The summed E-state index contributed by atoms with van der Waals surface area (Å²) in [5.41, 5.74) is 2.01. The first-order valence-electron chi connectivity index (χ1n) is 5.08. The third-order valence-electron chi connectivity index (χ3n) is 2.78. The highest BCUT2D eigenvalue weighted by Crippen LogP contribution is 2.25. The number of carboxylic acid groups (broad SMARTS) is 1. The van der Waals surface area contributed by atoms with E-state index in [1.54, 1.807) is 10.9 Å². The largest absolute Gasteiger partial charge is 0.481 e. The summed E-state index contributed by atoms with van der Waals surface area (Å²) in [5, 5.41) is 13.3. The third kappa shape index (κ3) is 2.38. The molecule has 1 aliphatic rings. The highest BCUT2D eigenvalue weighted by Gasteiger charge is 2.30. The van der Waals surface area contributed by atoms with Gasteiger partial charge < -0.3 is 10.4 Å². The maximum absolute atomic E-state index is 11.6. The maximum Gasteiger partial charge on any atom is 0.306 e. The molecule has 0 radical (unpaired) electrons. The van der Waals surface area contributed by atoms with Crippen LogP contribution in [0.3, 0.4) is 0 Å². The second-order valence-corrected chi connectivity index (χ2v) is 4.61. The average Bonchev–Trinajstić information content (AvgIpc) is 2.87. The van der Waals surface area contributed by atoms with Crippen molar-refractivity contribution in [1.82, 2.24) is 10.3 Å². The topological polar surface area (TPSA) is 79.3 Å². The van der Waals surface area contributed by atoms with E-state index in [0.717, 1.165) is 6.42 Å². The lowest BCUT2D eigenvalue weighted by atomic mass is 10.1. The SMILES string of the molecule is O=C(N[C@H]1CC[C@@H](C(=O)O)C1)c1cscn1. The number of carboxylic acids is 1. The number of thiazole rings is 1. The molecule has 2 rings (SSSR count). The van der Waals surface area contributed by atoms with E-state index in [-0.39, 0.29) is 17.9 Å². The van der Waals surface area contributed by atoms with Crippen molar-refractivity contribution in [2.45, 2.75) is 25.3 Å². The van der Waals surface area contributed by atoms with Crippen molar-refractivity contribution in [3.05, 3.63) is 16.6 Å². The monoisotopic (exact) mass is 240 g/mol. The van der Waals surface area contributed by atoms with Gasteiger partial charge in [-0.15, -0.1) is 11.3 Å². The number of aliphatic carboxylic acids is 1. The summed E-state index contributed by atoms with van der Waals surface area (Å²) in [6.45, 7) is 0. The molecule has 0 saturated heterocycles. The van der Waals surface area contributed by atoms with Crippen LogP contribution in [-0.4, -0.2) is 28.0 Å². The lowest BCUT2D eigenvalue weighted by molar-refractivity contribution is -0.141. The molecule has 1 aliphatic carbocycles. The fraction of sp³-hybridized carbons (Fsp3) is 0.500. The Morgan fingerprint density at radius 1 is 1.50 bits per heavy atom. The summed E-state index contributed by atoms with van der Waals surface area (Å²) in [5.74, 6) is -1.30. The maximum atomic E-state index is 11.6. The van der Waals surface area contributed by atoms with E-state index in [1.807, 2.05) is 0 Å². The van der Waals surface area contributed by atoms with Gasteiger partial charge in [0, 0.05) is 11.4 Å². The molecule has 0 aliphatic heterocycles. The van der Waals surface area contributed by atoms with Gasteiger partial charge in [-0.3, -0.25) is 9.59 Å². The zero-order valence-corrected chi connectivity index (χ0v) is 9.37. The van der Waals surface area contributed by atoms with Crippen LogP contribution in [0.5, 0.6) is 0 Å². The summed E-state index contributed by atoms with van der Waals surface area (Å²) >= 11 is 1.37. The van der Waals surface area contributed by atoms with Crippen molar-refractivity contribution in [1.29, 1.82) is 0 Å². The molecular weight excluding hydrogens is 228 g/mol. The molecule has 2 N–H and O–H groups in total. The summed E-state index contributed by atoms with van der Waals surface area (Å²) in [6, 6.07) is -0.0321. The first kappa shape index (κ1) is 11.1. The summed E-state index contributed by atoms with van der Waals surface area (Å²) in [7, 11) is 0. The van der Waals surface area contributed by atoms with E-state index in [9.17, 15) is 9.59 Å². The van der Waals surface area contributed by atoms with E-state index < -0.39 is 5.97 Å². The van der Waals surface area contributed by atoms with Gasteiger partial charge in [0.05, 0.1) is 11.4 Å². The van der Waals surface area contributed by atoms with Crippen molar-refractivity contribution in [3.63, 3.8) is 0 Å². The average molecular weight is 240 g/mol. The van der Waals surface area contributed by atoms with E-state index >= 15 is 0 Å². The van der Waals surface area contributed by atoms with Crippen LogP contribution < -0.4 is 5.32 Å². The minimum atomic E-state index is -0.773. The highest BCUT2D eigenvalue weighted by molar-refractivity contribution is 7.07. The van der Waals surface area contributed by atoms with Crippen LogP contribution in [0.2, 0.25) is 0 Å². The van der Waals surface area contributed by atoms with Crippen molar-refractivity contribution in [3.8, 4) is 0 Å². The molecular formula is C10H12N2O3S. The van der Waals surface area contributed by atoms with Crippen LogP contribution in [0, 0.1) is 5.92 Å². The number of nitrogens with zero attached hydrogens (tertiary/aromatic N) is 1. The number of carbonyl (C=O) groups excluding carboxylic acids is 1. The second-order valence-electron chi connectivity index (χ2n) is 3.89. The van der Waals surface area contributed by atoms with Crippen molar-refractivity contribution in [2.75, 3.05) is 0 Å². The summed E-state index contributed by atoms with van der Waals surface area (Å²) < 4.78 is 0. The van der Waals surface area contributed by atoms with E-state index in [1.165, 1.54) is 11.3 Å². The highest BCUT2D eigenvalue weighted by atomic mass is 32.1. The molecule has 5 nitrogen and oxygen atoms in total. The quantitative estimate of drug-likeness (QED) is 0.830. The van der Waals surface area contributed by atoms with Gasteiger partial charge in [-0.1, -0.05) is 0 Å². The molecule has 6 heteroatoms. The Kier molecular flexibility index (Phi) is 3.19. The Morgan fingerprint density at radius 2 is 2.31 bits per heavy atom. The zero-order valence-electron chi connectivity index (χ0n) is 8.55. The first-order chi connectivity index (χ1) is 7.66. The molecule has 1 aromatic heterocycles. The Morgan fingerprint density at radius 3 is 2.88 bits per heavy atom. The number of aromatic nitrogens is 1. The van der Waals surface area contributed by atoms with Crippen LogP contribution in [0.4, 0.5) is 0 Å². The summed E-state index contributed by atoms with van der Waals surface area (Å²) in [4.78, 5) is 26.3. The number of hydrogen-bond acceptors (Lipinski definition) is 4. The molecule has 1 saturated carbocycles. The molecule has 1 fully saturated rings. The van der Waals surface area contributed by atoms with Gasteiger partial charge >= 0.3 is 5.97 Å². The molecule has 1 amide bonds. The molecule has 1 aromatic rings. The molecule has 0 unspecified atom stereocenters. The first-order valence-corrected chi connectivity index (χ1v) is 6.03. The van der Waals surface area contributed by atoms with Gasteiger partial charge in [-0.05, 0) is 19.3 Å². The minimum absolute atomic E-state index is 0.0321. The third-order valence-corrected chi connectivity index (χ3v) is 3.37. The van der Waals surface area contributed by atoms with Crippen molar-refractivity contribution in [2.24, 2.45) is 5.92 Å². The number of carbonyl (C=O) groups is 2. The number of nitrogens with one attached hydrogen (secondary N) is 1. The minimum Gasteiger partial charge on any atom is -0.481 e. The molecule has 0 aromatic carbocycles. The predicted octanol–water partition coefficient (Wildman–Crippen LogP) is 1.13. The van der Waals surface area contributed by atoms with Gasteiger partial charge in [-0.25, -0.2) is 4.98 Å². The van der Waals surface area contributed by atoms with Crippen LogP contribution in [0.25, 0.3) is 0 Å². The van der Waals surface area contributed by atoms with Crippen LogP contribution in [0.1, 0.15) is 29.8 Å². The van der Waals surface area contributed by atoms with Crippen molar-refractivity contribution < 1.29 is 14.7 Å². The number of amides is 1. The zero-order chi connectivity index (χ0) is 11.5. The number of rotatable bonds is 3. The lowest BCUT2D eigenvalue weighted by Crippen LogP contribution is -2.33. The predicted molar refractivity (Wildman–Crippen MR) is 58.3 cm³/mol. The molecule has 0 bridgehead atoms. The normalized spacial score (nSPS) is 24.2. The smallest absolute Gasteiger partial charge is 0.306 e. The fourth-order valence-electron chi connectivity index (χ4n) is 1.92. The Bertz CT molecular complexity index is 391. The Hall–Kier alpha value is -1.43. The van der Waals surface area contributed by atoms with Gasteiger partial charge in [0.15, 0.2) is 0 Å². The molecule has 86 valence electrons. The van der Waals surface area contributed by atoms with Gasteiger partial charge in [-0.2, -0.15) is 0 Å². The Labute approximate surface area is 96.5 Å². The van der Waals surface area contributed by atoms with E-state index in [0.29, 0.717) is 18.5 Å². The van der Waals surface area contributed by atoms with Gasteiger partial charge in [0.2, 0.25) is 0 Å². The Balaban J connectivity index is 1.88. The standard InChI is InChI=1S/C10H12N2O3S/c13-9(8-4-16-5-11-8)12-7-2-1-6(3-7)10(14)15/h4-7H,1-3H2,(H,12,13)(H,14,15)/t6-,7+/m1/s1. The van der Waals surface area contributed by atoms with Crippen LogP contribution in [0.15, 0.2) is 10.9 Å². The van der Waals surface area contributed by atoms with E-state index in [4.69, 9.17) is 5.11 Å². The van der Waals surface area contributed by atoms with Crippen molar-refractivity contribution >= 4 is 23.2 Å². The van der Waals surface area contributed by atoms with E-state index in [2.05, 4.69) is 10.3 Å².